The van der Waals surface area contributed by atoms with Crippen molar-refractivity contribution in [3.8, 4) is 22.3 Å². The third kappa shape index (κ3) is 3.16. The van der Waals surface area contributed by atoms with Crippen molar-refractivity contribution in [2.75, 3.05) is 0 Å². The van der Waals surface area contributed by atoms with Gasteiger partial charge in [-0.15, -0.1) is 11.3 Å². The van der Waals surface area contributed by atoms with Gasteiger partial charge in [-0.1, -0.05) is 115 Å². The molecule has 0 unspecified atom stereocenters. The molecule has 0 saturated carbocycles. The van der Waals surface area contributed by atoms with Gasteiger partial charge in [-0.25, -0.2) is 0 Å². The van der Waals surface area contributed by atoms with E-state index in [0.717, 1.165) is 0 Å². The lowest BCUT2D eigenvalue weighted by Crippen LogP contribution is -1.92. The number of hydrogen-bond donors (Lipinski definition) is 0. The van der Waals surface area contributed by atoms with Gasteiger partial charge in [0, 0.05) is 20.2 Å². The zero-order valence-electron chi connectivity index (χ0n) is 21.0. The van der Waals surface area contributed by atoms with Gasteiger partial charge in [0.05, 0.1) is 0 Å². The Hall–Kier alpha value is -4.46. The lowest BCUT2D eigenvalue weighted by atomic mass is 9.84. The molecule has 0 nitrogen and oxygen atoms in total. The summed E-state index contributed by atoms with van der Waals surface area (Å²) >= 11 is 1.88. The number of thiophene rings is 1. The molecule has 0 N–H and O–H groups in total. The standard InChI is InChI=1S/C37H24S/c1-23-17-19-31-33(21-23)36(25-18-20-35-32(22-25)27-12-6-7-16-34(27)38-35)29-13-4-5-14-30(29)37(31)28-15-8-10-24-9-2-3-11-26(24)28/h2-22H,1H3. The molecule has 1 aromatic heterocycles. The summed E-state index contributed by atoms with van der Waals surface area (Å²) in [5.74, 6) is 0. The summed E-state index contributed by atoms with van der Waals surface area (Å²) in [6.07, 6.45) is 0. The van der Waals surface area contributed by atoms with Crippen molar-refractivity contribution in [3.63, 3.8) is 0 Å². The number of rotatable bonds is 2. The monoisotopic (exact) mass is 500 g/mol. The van der Waals surface area contributed by atoms with E-state index in [1.165, 1.54) is 80.3 Å². The Balaban J connectivity index is 1.54. The lowest BCUT2D eigenvalue weighted by Gasteiger charge is -2.19. The van der Waals surface area contributed by atoms with Gasteiger partial charge in [0.15, 0.2) is 0 Å². The van der Waals surface area contributed by atoms with Crippen LogP contribution in [0.5, 0.6) is 0 Å². The molecule has 0 amide bonds. The van der Waals surface area contributed by atoms with Gasteiger partial charge in [-0.2, -0.15) is 0 Å². The van der Waals surface area contributed by atoms with Crippen LogP contribution >= 0.6 is 11.3 Å². The van der Waals surface area contributed by atoms with Crippen LogP contribution < -0.4 is 0 Å². The van der Waals surface area contributed by atoms with Crippen LogP contribution in [0.15, 0.2) is 127 Å². The van der Waals surface area contributed by atoms with E-state index >= 15 is 0 Å². The largest absolute Gasteiger partial charge is 0.135 e. The van der Waals surface area contributed by atoms with Gasteiger partial charge in [-0.3, -0.25) is 0 Å². The average Bonchev–Trinajstić information content (AvgIpc) is 3.33. The van der Waals surface area contributed by atoms with E-state index in [-0.39, 0.29) is 0 Å². The zero-order chi connectivity index (χ0) is 25.2. The number of benzene rings is 7. The van der Waals surface area contributed by atoms with Gasteiger partial charge in [0.25, 0.3) is 0 Å². The third-order valence-corrected chi connectivity index (χ3v) is 9.06. The molecule has 1 heterocycles. The molecule has 0 bridgehead atoms. The fourth-order valence-corrected chi connectivity index (χ4v) is 7.30. The van der Waals surface area contributed by atoms with E-state index in [1.807, 2.05) is 11.3 Å². The molecule has 1 heteroatoms. The zero-order valence-corrected chi connectivity index (χ0v) is 21.8. The molecule has 178 valence electrons. The first-order chi connectivity index (χ1) is 18.8. The molecule has 0 spiro atoms. The summed E-state index contributed by atoms with van der Waals surface area (Å²) in [5.41, 5.74) is 6.48. The fourth-order valence-electron chi connectivity index (χ4n) is 6.22. The molecule has 0 aliphatic heterocycles. The van der Waals surface area contributed by atoms with E-state index in [4.69, 9.17) is 0 Å². The molecule has 0 radical (unpaired) electrons. The summed E-state index contributed by atoms with van der Waals surface area (Å²) in [4.78, 5) is 0. The molecular weight excluding hydrogens is 476 g/mol. The minimum absolute atomic E-state index is 1.27. The topological polar surface area (TPSA) is 0 Å². The minimum atomic E-state index is 1.27. The number of fused-ring (bicyclic) bond motifs is 6. The fraction of sp³-hybridized carbons (Fsp3) is 0.0270. The van der Waals surface area contributed by atoms with Crippen molar-refractivity contribution in [1.82, 2.24) is 0 Å². The average molecular weight is 501 g/mol. The van der Waals surface area contributed by atoms with Crippen molar-refractivity contribution in [3.05, 3.63) is 133 Å². The molecule has 0 atom stereocenters. The van der Waals surface area contributed by atoms with E-state index in [9.17, 15) is 0 Å². The Kier molecular flexibility index (Phi) is 4.71. The Morgan fingerprint density at radius 1 is 0.421 bits per heavy atom. The second kappa shape index (κ2) is 8.28. The maximum Gasteiger partial charge on any atom is 0.0355 e. The lowest BCUT2D eigenvalue weighted by molar-refractivity contribution is 1.51. The minimum Gasteiger partial charge on any atom is -0.135 e. The van der Waals surface area contributed by atoms with Crippen LogP contribution in [-0.2, 0) is 0 Å². The summed E-state index contributed by atoms with van der Waals surface area (Å²) in [7, 11) is 0. The quantitative estimate of drug-likeness (QED) is 0.207. The molecule has 0 aliphatic carbocycles. The van der Waals surface area contributed by atoms with Crippen molar-refractivity contribution in [1.29, 1.82) is 0 Å². The molecule has 0 saturated heterocycles. The first-order valence-corrected chi connectivity index (χ1v) is 13.9. The van der Waals surface area contributed by atoms with Crippen LogP contribution in [0.2, 0.25) is 0 Å². The number of aryl methyl sites for hydroxylation is 1. The summed E-state index contributed by atoms with van der Waals surface area (Å²) in [5, 5.41) is 10.5. The van der Waals surface area contributed by atoms with Crippen molar-refractivity contribution >= 4 is 63.8 Å². The van der Waals surface area contributed by atoms with Gasteiger partial charge in [0.1, 0.15) is 0 Å². The Morgan fingerprint density at radius 3 is 1.95 bits per heavy atom. The SMILES string of the molecule is Cc1ccc2c(-c3cccc4ccccc34)c3ccccc3c(-c3ccc4sc5ccccc5c4c3)c2c1. The van der Waals surface area contributed by atoms with Crippen LogP contribution in [0, 0.1) is 6.92 Å². The highest BCUT2D eigenvalue weighted by molar-refractivity contribution is 7.25. The molecule has 8 rings (SSSR count). The van der Waals surface area contributed by atoms with Crippen LogP contribution in [0.3, 0.4) is 0 Å². The second-order valence-electron chi connectivity index (χ2n) is 10.2. The van der Waals surface area contributed by atoms with Crippen molar-refractivity contribution < 1.29 is 0 Å². The van der Waals surface area contributed by atoms with Crippen molar-refractivity contribution in [2.45, 2.75) is 6.92 Å². The molecular formula is C37H24S. The Bertz CT molecular complexity index is 2190. The highest BCUT2D eigenvalue weighted by Gasteiger charge is 2.18. The van der Waals surface area contributed by atoms with E-state index in [0.29, 0.717) is 0 Å². The molecule has 38 heavy (non-hydrogen) atoms. The van der Waals surface area contributed by atoms with Crippen LogP contribution in [0.25, 0.3) is 74.7 Å². The molecule has 0 fully saturated rings. The predicted molar refractivity (Wildman–Crippen MR) is 167 cm³/mol. The van der Waals surface area contributed by atoms with E-state index in [2.05, 4.69) is 134 Å². The van der Waals surface area contributed by atoms with Crippen LogP contribution in [0.1, 0.15) is 5.56 Å². The normalized spacial score (nSPS) is 11.8. The van der Waals surface area contributed by atoms with Gasteiger partial charge in [0.2, 0.25) is 0 Å². The Labute approximate surface area is 225 Å². The molecule has 8 aromatic rings. The highest BCUT2D eigenvalue weighted by Crippen LogP contribution is 2.46. The maximum absolute atomic E-state index is 2.41. The third-order valence-electron chi connectivity index (χ3n) is 7.90. The van der Waals surface area contributed by atoms with Gasteiger partial charge in [-0.05, 0) is 79.7 Å². The first kappa shape index (κ1) is 21.6. The van der Waals surface area contributed by atoms with Crippen LogP contribution in [-0.4, -0.2) is 0 Å². The maximum atomic E-state index is 2.41. The predicted octanol–water partition coefficient (Wildman–Crippen LogP) is 11.2. The summed E-state index contributed by atoms with van der Waals surface area (Å²) in [6, 6.07) is 47.1. The van der Waals surface area contributed by atoms with E-state index in [1.54, 1.807) is 0 Å². The van der Waals surface area contributed by atoms with E-state index < -0.39 is 0 Å². The summed E-state index contributed by atoms with van der Waals surface area (Å²) in [6.45, 7) is 2.20. The van der Waals surface area contributed by atoms with Gasteiger partial charge >= 0.3 is 0 Å². The first-order valence-electron chi connectivity index (χ1n) is 13.1. The Morgan fingerprint density at radius 2 is 1.08 bits per heavy atom. The molecule has 0 aliphatic rings. The van der Waals surface area contributed by atoms with Gasteiger partial charge < -0.3 is 0 Å². The molecule has 7 aromatic carbocycles. The smallest absolute Gasteiger partial charge is 0.0355 e. The van der Waals surface area contributed by atoms with Crippen LogP contribution in [0.4, 0.5) is 0 Å². The second-order valence-corrected chi connectivity index (χ2v) is 11.3. The number of hydrogen-bond acceptors (Lipinski definition) is 1. The van der Waals surface area contributed by atoms with Crippen molar-refractivity contribution in [2.24, 2.45) is 0 Å². The highest BCUT2D eigenvalue weighted by atomic mass is 32.1. The summed E-state index contributed by atoms with van der Waals surface area (Å²) < 4.78 is 2.68.